The molecule has 0 aliphatic heterocycles. The van der Waals surface area contributed by atoms with Crippen LogP contribution in [0, 0.1) is 13.8 Å². The van der Waals surface area contributed by atoms with Crippen LogP contribution in [-0.2, 0) is 6.54 Å². The van der Waals surface area contributed by atoms with Crippen molar-refractivity contribution in [3.8, 4) is 5.75 Å². The Morgan fingerprint density at radius 1 is 1.00 bits per heavy atom. The molecule has 0 bridgehead atoms. The van der Waals surface area contributed by atoms with Crippen molar-refractivity contribution < 1.29 is 4.74 Å². The van der Waals surface area contributed by atoms with Gasteiger partial charge in [0.25, 0.3) is 0 Å². The second-order valence-corrected chi connectivity index (χ2v) is 6.37. The fraction of sp³-hybridized carbons (Fsp3) is 0.200. The molecular weight excluding hydrogens is 348 g/mol. The molecule has 0 saturated carbocycles. The number of hydrogen-bond donors (Lipinski definition) is 2. The molecule has 2 N–H and O–H groups in total. The van der Waals surface area contributed by atoms with Gasteiger partial charge in [-0.15, -0.1) is 0 Å². The van der Waals surface area contributed by atoms with Gasteiger partial charge in [0.15, 0.2) is 0 Å². The van der Waals surface area contributed by atoms with E-state index >= 15 is 0 Å². The highest BCUT2D eigenvalue weighted by molar-refractivity contribution is 6.30. The summed E-state index contributed by atoms with van der Waals surface area (Å²) in [7, 11) is 1.67. The molecule has 3 rings (SSSR count). The topological polar surface area (TPSA) is 59.1 Å². The van der Waals surface area contributed by atoms with Crippen molar-refractivity contribution in [3.63, 3.8) is 0 Å². The molecule has 0 fully saturated rings. The number of halogens is 1. The minimum absolute atomic E-state index is 0.611. The minimum atomic E-state index is 0.611. The first kappa shape index (κ1) is 18.0. The number of para-hydroxylation sites is 1. The third kappa shape index (κ3) is 4.43. The number of aryl methyl sites for hydroxylation is 2. The van der Waals surface area contributed by atoms with Crippen molar-refractivity contribution in [1.82, 2.24) is 9.97 Å². The van der Waals surface area contributed by atoms with Crippen LogP contribution in [0.2, 0.25) is 5.02 Å². The first-order valence-electron chi connectivity index (χ1n) is 8.30. The zero-order valence-electron chi connectivity index (χ0n) is 15.0. The highest BCUT2D eigenvalue weighted by Crippen LogP contribution is 2.24. The minimum Gasteiger partial charge on any atom is -0.496 e. The average molecular weight is 369 g/mol. The second-order valence-electron chi connectivity index (χ2n) is 5.94. The van der Waals surface area contributed by atoms with Gasteiger partial charge in [-0.3, -0.25) is 0 Å². The monoisotopic (exact) mass is 368 g/mol. The molecule has 6 heteroatoms. The SMILES string of the molecule is COc1ccccc1CNc1cc(Nc2ccc(Cl)cc2C)nc(C)n1. The van der Waals surface area contributed by atoms with Crippen LogP contribution in [0.25, 0.3) is 0 Å². The number of hydrogen-bond acceptors (Lipinski definition) is 5. The van der Waals surface area contributed by atoms with E-state index in [0.717, 1.165) is 34.2 Å². The van der Waals surface area contributed by atoms with E-state index in [9.17, 15) is 0 Å². The van der Waals surface area contributed by atoms with Crippen LogP contribution < -0.4 is 15.4 Å². The summed E-state index contributed by atoms with van der Waals surface area (Å²) in [4.78, 5) is 8.92. The molecule has 1 heterocycles. The summed E-state index contributed by atoms with van der Waals surface area (Å²) >= 11 is 6.02. The smallest absolute Gasteiger partial charge is 0.136 e. The standard InChI is InChI=1S/C20H21ClN4O/c1-13-10-16(21)8-9-17(13)25-20-11-19(23-14(2)24-20)22-12-15-6-4-5-7-18(15)26-3/h4-11H,12H2,1-3H3,(H2,22,23,24,25). The molecule has 0 saturated heterocycles. The van der Waals surface area contributed by atoms with E-state index in [-0.39, 0.29) is 0 Å². The lowest BCUT2D eigenvalue weighted by Gasteiger charge is -2.13. The van der Waals surface area contributed by atoms with Gasteiger partial charge in [-0.05, 0) is 43.7 Å². The number of rotatable bonds is 6. The summed E-state index contributed by atoms with van der Waals surface area (Å²) in [5, 5.41) is 7.38. The summed E-state index contributed by atoms with van der Waals surface area (Å²) < 4.78 is 5.39. The Balaban J connectivity index is 1.77. The Kier molecular flexibility index (Phi) is 5.58. The number of aromatic nitrogens is 2. The third-order valence-electron chi connectivity index (χ3n) is 3.94. The van der Waals surface area contributed by atoms with Crippen molar-refractivity contribution in [2.45, 2.75) is 20.4 Å². The number of ether oxygens (including phenoxy) is 1. The zero-order chi connectivity index (χ0) is 18.5. The maximum absolute atomic E-state index is 6.02. The zero-order valence-corrected chi connectivity index (χ0v) is 15.8. The fourth-order valence-electron chi connectivity index (χ4n) is 2.66. The average Bonchev–Trinajstić information content (AvgIpc) is 2.62. The van der Waals surface area contributed by atoms with Crippen LogP contribution in [0.4, 0.5) is 17.3 Å². The summed E-state index contributed by atoms with van der Waals surface area (Å²) in [5.41, 5.74) is 3.08. The van der Waals surface area contributed by atoms with Crippen LogP contribution in [-0.4, -0.2) is 17.1 Å². The van der Waals surface area contributed by atoms with E-state index < -0.39 is 0 Å². The lowest BCUT2D eigenvalue weighted by Crippen LogP contribution is -2.06. The van der Waals surface area contributed by atoms with Gasteiger partial charge in [0.05, 0.1) is 7.11 Å². The van der Waals surface area contributed by atoms with Crippen LogP contribution in [0.1, 0.15) is 17.0 Å². The number of methoxy groups -OCH3 is 1. The maximum atomic E-state index is 6.02. The summed E-state index contributed by atoms with van der Waals surface area (Å²) in [6.07, 6.45) is 0. The molecular formula is C20H21ClN4O. The fourth-order valence-corrected chi connectivity index (χ4v) is 2.89. The Labute approximate surface area is 158 Å². The predicted octanol–water partition coefficient (Wildman–Crippen LogP) is 5.11. The van der Waals surface area contributed by atoms with E-state index in [1.807, 2.05) is 62.4 Å². The highest BCUT2D eigenvalue weighted by Gasteiger charge is 2.06. The van der Waals surface area contributed by atoms with Crippen molar-refractivity contribution in [2.75, 3.05) is 17.7 Å². The van der Waals surface area contributed by atoms with Gasteiger partial charge >= 0.3 is 0 Å². The van der Waals surface area contributed by atoms with Crippen molar-refractivity contribution in [2.24, 2.45) is 0 Å². The summed E-state index contributed by atoms with van der Waals surface area (Å²) in [6.45, 7) is 4.48. The highest BCUT2D eigenvalue weighted by atomic mass is 35.5. The van der Waals surface area contributed by atoms with E-state index in [4.69, 9.17) is 16.3 Å². The lowest BCUT2D eigenvalue weighted by molar-refractivity contribution is 0.410. The molecule has 134 valence electrons. The van der Waals surface area contributed by atoms with Gasteiger partial charge < -0.3 is 15.4 Å². The molecule has 1 aromatic heterocycles. The number of benzene rings is 2. The van der Waals surface area contributed by atoms with Crippen LogP contribution >= 0.6 is 11.6 Å². The molecule has 0 spiro atoms. The van der Waals surface area contributed by atoms with Crippen molar-refractivity contribution in [3.05, 3.63) is 70.5 Å². The summed E-state index contributed by atoms with van der Waals surface area (Å²) in [6, 6.07) is 15.5. The van der Waals surface area contributed by atoms with Crippen LogP contribution in [0.5, 0.6) is 5.75 Å². The summed E-state index contributed by atoms with van der Waals surface area (Å²) in [5.74, 6) is 3.01. The van der Waals surface area contributed by atoms with Gasteiger partial charge in [-0.25, -0.2) is 9.97 Å². The molecule has 0 unspecified atom stereocenters. The molecule has 0 radical (unpaired) electrons. The Bertz CT molecular complexity index is 914. The first-order valence-corrected chi connectivity index (χ1v) is 8.67. The second kappa shape index (κ2) is 8.06. The molecule has 0 atom stereocenters. The number of anilines is 3. The van der Waals surface area contributed by atoms with Gasteiger partial charge in [0, 0.05) is 28.9 Å². The molecule has 3 aromatic rings. The van der Waals surface area contributed by atoms with Gasteiger partial charge in [0.1, 0.15) is 23.2 Å². The number of nitrogens with zero attached hydrogens (tertiary/aromatic N) is 2. The van der Waals surface area contributed by atoms with Gasteiger partial charge in [-0.1, -0.05) is 29.8 Å². The maximum Gasteiger partial charge on any atom is 0.136 e. The normalized spacial score (nSPS) is 10.5. The molecule has 0 aliphatic rings. The van der Waals surface area contributed by atoms with E-state index in [0.29, 0.717) is 17.4 Å². The lowest BCUT2D eigenvalue weighted by atomic mass is 10.2. The largest absolute Gasteiger partial charge is 0.496 e. The van der Waals surface area contributed by atoms with Crippen molar-refractivity contribution >= 4 is 28.9 Å². The van der Waals surface area contributed by atoms with Crippen LogP contribution in [0.15, 0.2) is 48.5 Å². The van der Waals surface area contributed by atoms with E-state index in [2.05, 4.69) is 20.6 Å². The van der Waals surface area contributed by atoms with E-state index in [1.165, 1.54) is 0 Å². The van der Waals surface area contributed by atoms with Crippen molar-refractivity contribution in [1.29, 1.82) is 0 Å². The number of nitrogens with one attached hydrogen (secondary N) is 2. The molecule has 0 amide bonds. The molecule has 2 aromatic carbocycles. The Hall–Kier alpha value is -2.79. The quantitative estimate of drug-likeness (QED) is 0.633. The Morgan fingerprint density at radius 3 is 2.54 bits per heavy atom. The van der Waals surface area contributed by atoms with Crippen LogP contribution in [0.3, 0.4) is 0 Å². The van der Waals surface area contributed by atoms with Gasteiger partial charge in [0.2, 0.25) is 0 Å². The van der Waals surface area contributed by atoms with Gasteiger partial charge in [-0.2, -0.15) is 0 Å². The molecule has 26 heavy (non-hydrogen) atoms. The van der Waals surface area contributed by atoms with E-state index in [1.54, 1.807) is 7.11 Å². The molecule has 0 aliphatic carbocycles. The predicted molar refractivity (Wildman–Crippen MR) is 107 cm³/mol. The first-order chi connectivity index (χ1) is 12.5. The molecule has 5 nitrogen and oxygen atoms in total. The Morgan fingerprint density at radius 2 is 1.77 bits per heavy atom. The third-order valence-corrected chi connectivity index (χ3v) is 4.18.